The lowest BCUT2D eigenvalue weighted by molar-refractivity contribution is -0.149. The number of aliphatic carboxylic acids is 1. The van der Waals surface area contributed by atoms with Gasteiger partial charge in [-0.25, -0.2) is 0 Å². The molecule has 0 spiro atoms. The van der Waals surface area contributed by atoms with E-state index in [4.69, 9.17) is 0 Å². The number of hydrogen-bond acceptors (Lipinski definition) is 1. The van der Waals surface area contributed by atoms with Crippen molar-refractivity contribution in [3.63, 3.8) is 0 Å². The molecule has 0 fully saturated rings. The third-order valence-electron chi connectivity index (χ3n) is 3.28. The van der Waals surface area contributed by atoms with E-state index in [1.807, 2.05) is 0 Å². The lowest BCUT2D eigenvalue weighted by Gasteiger charge is -2.27. The molecule has 0 aromatic heterocycles. The van der Waals surface area contributed by atoms with Gasteiger partial charge in [0.15, 0.2) is 0 Å². The second-order valence-corrected chi connectivity index (χ2v) is 4.74. The summed E-state index contributed by atoms with van der Waals surface area (Å²) in [4.78, 5) is 11.4. The number of carbonyl (C=O) groups is 1. The molecular weight excluding hydrogens is 212 g/mol. The second-order valence-electron chi connectivity index (χ2n) is 4.74. The minimum atomic E-state index is -0.715. The Morgan fingerprint density at radius 2 is 1.65 bits per heavy atom. The SMILES string of the molecule is C=CCC(CC=C)(CCCCCCC)C(=O)O. The summed E-state index contributed by atoms with van der Waals surface area (Å²) in [5, 5.41) is 9.39. The van der Waals surface area contributed by atoms with Crippen molar-refractivity contribution in [2.45, 2.75) is 58.3 Å². The Morgan fingerprint density at radius 3 is 2.06 bits per heavy atom. The first kappa shape index (κ1) is 16.0. The van der Waals surface area contributed by atoms with Gasteiger partial charge >= 0.3 is 5.97 Å². The first-order valence-electron chi connectivity index (χ1n) is 6.58. The molecular formula is C15H26O2. The minimum Gasteiger partial charge on any atom is -0.481 e. The van der Waals surface area contributed by atoms with Crippen LogP contribution in [0.4, 0.5) is 0 Å². The van der Waals surface area contributed by atoms with Gasteiger partial charge in [-0.2, -0.15) is 0 Å². The standard InChI is InChI=1S/C15H26O2/c1-4-7-8-9-10-13-15(11-5-2,12-6-3)14(16)17/h5-6H,2-4,7-13H2,1H3,(H,16,17). The maximum absolute atomic E-state index is 11.4. The summed E-state index contributed by atoms with van der Waals surface area (Å²) >= 11 is 0. The van der Waals surface area contributed by atoms with Crippen LogP contribution in [0.5, 0.6) is 0 Å². The van der Waals surface area contributed by atoms with Gasteiger partial charge in [-0.3, -0.25) is 4.79 Å². The molecule has 0 aliphatic carbocycles. The van der Waals surface area contributed by atoms with E-state index < -0.39 is 11.4 Å². The fourth-order valence-electron chi connectivity index (χ4n) is 2.19. The zero-order valence-corrected chi connectivity index (χ0v) is 11.1. The van der Waals surface area contributed by atoms with Crippen molar-refractivity contribution >= 4 is 5.97 Å². The maximum Gasteiger partial charge on any atom is 0.310 e. The quantitative estimate of drug-likeness (QED) is 0.423. The highest BCUT2D eigenvalue weighted by atomic mass is 16.4. The van der Waals surface area contributed by atoms with Gasteiger partial charge in [0.25, 0.3) is 0 Å². The summed E-state index contributed by atoms with van der Waals surface area (Å²) in [5.74, 6) is -0.715. The van der Waals surface area contributed by atoms with Gasteiger partial charge in [0.05, 0.1) is 5.41 Å². The van der Waals surface area contributed by atoms with Crippen LogP contribution in [0.2, 0.25) is 0 Å². The highest BCUT2D eigenvalue weighted by Crippen LogP contribution is 2.34. The number of rotatable bonds is 11. The summed E-state index contributed by atoms with van der Waals surface area (Å²) in [5.41, 5.74) is -0.671. The topological polar surface area (TPSA) is 37.3 Å². The highest BCUT2D eigenvalue weighted by molar-refractivity contribution is 5.75. The van der Waals surface area contributed by atoms with Crippen molar-refractivity contribution in [2.24, 2.45) is 5.41 Å². The van der Waals surface area contributed by atoms with Crippen molar-refractivity contribution in [1.82, 2.24) is 0 Å². The molecule has 2 nitrogen and oxygen atoms in total. The molecule has 0 rings (SSSR count). The van der Waals surface area contributed by atoms with Gasteiger partial charge < -0.3 is 5.11 Å². The first-order valence-corrected chi connectivity index (χ1v) is 6.58. The van der Waals surface area contributed by atoms with Crippen LogP contribution in [0.25, 0.3) is 0 Å². The molecule has 0 aliphatic heterocycles. The van der Waals surface area contributed by atoms with E-state index in [0.29, 0.717) is 12.8 Å². The number of carboxylic acids is 1. The van der Waals surface area contributed by atoms with Crippen LogP contribution in [-0.4, -0.2) is 11.1 Å². The Hall–Kier alpha value is -1.05. The molecule has 0 unspecified atom stereocenters. The van der Waals surface area contributed by atoms with E-state index in [-0.39, 0.29) is 0 Å². The molecule has 0 saturated carbocycles. The Kier molecular flexibility index (Phi) is 8.47. The van der Waals surface area contributed by atoms with Gasteiger partial charge in [-0.1, -0.05) is 51.2 Å². The fraction of sp³-hybridized carbons (Fsp3) is 0.667. The molecule has 0 radical (unpaired) electrons. The summed E-state index contributed by atoms with van der Waals surface area (Å²) in [7, 11) is 0. The van der Waals surface area contributed by atoms with Crippen LogP contribution in [-0.2, 0) is 4.79 Å². The Labute approximate surface area is 105 Å². The van der Waals surface area contributed by atoms with E-state index in [2.05, 4.69) is 20.1 Å². The van der Waals surface area contributed by atoms with Crippen LogP contribution in [0.3, 0.4) is 0 Å². The Bertz CT molecular complexity index is 233. The third-order valence-corrected chi connectivity index (χ3v) is 3.28. The van der Waals surface area contributed by atoms with Crippen LogP contribution in [0, 0.1) is 5.41 Å². The van der Waals surface area contributed by atoms with Crippen LogP contribution in [0.15, 0.2) is 25.3 Å². The predicted octanol–water partition coefficient (Wildman–Crippen LogP) is 4.57. The van der Waals surface area contributed by atoms with Gasteiger partial charge in [-0.15, -0.1) is 13.2 Å². The number of unbranched alkanes of at least 4 members (excludes halogenated alkanes) is 4. The summed E-state index contributed by atoms with van der Waals surface area (Å²) < 4.78 is 0. The van der Waals surface area contributed by atoms with Crippen LogP contribution in [0.1, 0.15) is 58.3 Å². The molecule has 17 heavy (non-hydrogen) atoms. The lowest BCUT2D eigenvalue weighted by atomic mass is 9.76. The zero-order chi connectivity index (χ0) is 13.1. The van der Waals surface area contributed by atoms with Crippen molar-refractivity contribution in [2.75, 3.05) is 0 Å². The lowest BCUT2D eigenvalue weighted by Crippen LogP contribution is -2.30. The van der Waals surface area contributed by atoms with E-state index in [9.17, 15) is 9.90 Å². The second kappa shape index (κ2) is 9.03. The number of hydrogen-bond donors (Lipinski definition) is 1. The normalized spacial score (nSPS) is 11.1. The Balaban J connectivity index is 4.30. The molecule has 0 heterocycles. The molecule has 2 heteroatoms. The van der Waals surface area contributed by atoms with Gasteiger partial charge in [-0.05, 0) is 19.3 Å². The van der Waals surface area contributed by atoms with Gasteiger partial charge in [0.2, 0.25) is 0 Å². The van der Waals surface area contributed by atoms with Crippen LogP contribution >= 0.6 is 0 Å². The van der Waals surface area contributed by atoms with Crippen molar-refractivity contribution in [3.05, 3.63) is 25.3 Å². The fourth-order valence-corrected chi connectivity index (χ4v) is 2.19. The molecule has 0 amide bonds. The van der Waals surface area contributed by atoms with Crippen molar-refractivity contribution in [3.8, 4) is 0 Å². The molecule has 1 N–H and O–H groups in total. The molecule has 0 aliphatic rings. The number of allylic oxidation sites excluding steroid dienone is 2. The molecule has 0 aromatic rings. The van der Waals surface area contributed by atoms with Crippen molar-refractivity contribution < 1.29 is 9.90 Å². The summed E-state index contributed by atoms with van der Waals surface area (Å²) in [6.07, 6.45) is 11.0. The molecule has 0 saturated heterocycles. The van der Waals surface area contributed by atoms with E-state index in [1.54, 1.807) is 12.2 Å². The molecule has 0 aromatic carbocycles. The monoisotopic (exact) mass is 238 g/mol. The van der Waals surface area contributed by atoms with E-state index in [0.717, 1.165) is 19.3 Å². The van der Waals surface area contributed by atoms with Gasteiger partial charge in [0, 0.05) is 0 Å². The predicted molar refractivity (Wildman–Crippen MR) is 73.1 cm³/mol. The third kappa shape index (κ3) is 5.71. The smallest absolute Gasteiger partial charge is 0.310 e. The van der Waals surface area contributed by atoms with Gasteiger partial charge in [0.1, 0.15) is 0 Å². The minimum absolute atomic E-state index is 0.530. The van der Waals surface area contributed by atoms with E-state index in [1.165, 1.54) is 19.3 Å². The average Bonchev–Trinajstić information content (AvgIpc) is 2.29. The van der Waals surface area contributed by atoms with E-state index >= 15 is 0 Å². The maximum atomic E-state index is 11.4. The largest absolute Gasteiger partial charge is 0.481 e. The Morgan fingerprint density at radius 1 is 1.12 bits per heavy atom. The molecule has 0 bridgehead atoms. The summed E-state index contributed by atoms with van der Waals surface area (Å²) in [6.45, 7) is 9.52. The summed E-state index contributed by atoms with van der Waals surface area (Å²) in [6, 6.07) is 0. The van der Waals surface area contributed by atoms with Crippen molar-refractivity contribution in [1.29, 1.82) is 0 Å². The van der Waals surface area contributed by atoms with Crippen LogP contribution < -0.4 is 0 Å². The first-order chi connectivity index (χ1) is 8.13. The molecule has 98 valence electrons. The zero-order valence-electron chi connectivity index (χ0n) is 11.1. The molecule has 0 atom stereocenters. The average molecular weight is 238 g/mol. The number of carboxylic acid groups (broad SMARTS) is 1. The highest BCUT2D eigenvalue weighted by Gasteiger charge is 2.35.